The van der Waals surface area contributed by atoms with E-state index < -0.39 is 29.9 Å². The minimum absolute atomic E-state index is 0.0363. The number of hydrogen-bond acceptors (Lipinski definition) is 6. The zero-order valence-electron chi connectivity index (χ0n) is 18.9. The van der Waals surface area contributed by atoms with Crippen LogP contribution in [0.1, 0.15) is 53.2 Å². The van der Waals surface area contributed by atoms with Crippen molar-refractivity contribution in [2.24, 2.45) is 5.92 Å². The predicted octanol–water partition coefficient (Wildman–Crippen LogP) is 4.41. The van der Waals surface area contributed by atoms with Gasteiger partial charge in [-0.05, 0) is 35.1 Å². The lowest BCUT2D eigenvalue weighted by atomic mass is 9.84. The lowest BCUT2D eigenvalue weighted by Gasteiger charge is -2.28. The van der Waals surface area contributed by atoms with Crippen LogP contribution in [0.5, 0.6) is 0 Å². The Labute approximate surface area is 201 Å². The molecule has 2 atom stereocenters. The van der Waals surface area contributed by atoms with Gasteiger partial charge in [0.1, 0.15) is 6.61 Å². The van der Waals surface area contributed by atoms with Gasteiger partial charge in [0.05, 0.1) is 5.92 Å². The zero-order chi connectivity index (χ0) is 24.4. The molecule has 2 unspecified atom stereocenters. The molecule has 1 aromatic heterocycles. The summed E-state index contributed by atoms with van der Waals surface area (Å²) in [6.45, 7) is 0.138. The lowest BCUT2D eigenvalue weighted by Crippen LogP contribution is -2.45. The summed E-state index contributed by atoms with van der Waals surface area (Å²) < 4.78 is 10.5. The zero-order valence-corrected chi connectivity index (χ0v) is 18.9. The molecule has 1 heterocycles. The molecule has 3 aromatic rings. The van der Waals surface area contributed by atoms with Gasteiger partial charge in [0, 0.05) is 18.0 Å². The van der Waals surface area contributed by atoms with E-state index in [1.165, 1.54) is 6.07 Å². The van der Waals surface area contributed by atoms with Gasteiger partial charge in [-0.1, -0.05) is 66.5 Å². The van der Waals surface area contributed by atoms with Crippen molar-refractivity contribution in [1.82, 2.24) is 10.5 Å². The van der Waals surface area contributed by atoms with Gasteiger partial charge in [0.25, 0.3) is 5.91 Å². The number of carbonyl (C=O) groups excluding carboxylic acids is 2. The molecule has 9 heteroatoms. The Balaban J connectivity index is 1.19. The first kappa shape index (κ1) is 22.6. The van der Waals surface area contributed by atoms with Crippen LogP contribution in [0, 0.1) is 5.92 Å². The molecule has 180 valence electrons. The number of carboxylic acids is 1. The van der Waals surface area contributed by atoms with E-state index in [9.17, 15) is 19.5 Å². The van der Waals surface area contributed by atoms with Crippen molar-refractivity contribution in [3.63, 3.8) is 0 Å². The number of nitrogens with zero attached hydrogens (tertiary/aromatic N) is 1. The third-order valence-corrected chi connectivity index (χ3v) is 6.71. The van der Waals surface area contributed by atoms with Crippen LogP contribution in [-0.2, 0) is 9.53 Å². The van der Waals surface area contributed by atoms with Crippen molar-refractivity contribution in [2.75, 3.05) is 11.9 Å². The molecule has 0 aliphatic heterocycles. The summed E-state index contributed by atoms with van der Waals surface area (Å²) in [6.07, 6.45) is 2.05. The molecule has 0 saturated heterocycles. The van der Waals surface area contributed by atoms with Gasteiger partial charge in [-0.25, -0.2) is 4.79 Å². The minimum atomic E-state index is -0.923. The molecule has 2 aromatic carbocycles. The lowest BCUT2D eigenvalue weighted by molar-refractivity contribution is -0.143. The molecule has 0 bridgehead atoms. The number of rotatable bonds is 6. The SMILES string of the molecule is O=C(Nc1cc(C(=O)NC2CCCCC2C(=O)O)no1)OCC1c2ccccc2-c2ccccc21. The smallest absolute Gasteiger partial charge is 0.414 e. The second kappa shape index (κ2) is 9.61. The molecular weight excluding hydrogens is 450 g/mol. The Morgan fingerprint density at radius 3 is 2.34 bits per heavy atom. The maximum absolute atomic E-state index is 12.5. The quantitative estimate of drug-likeness (QED) is 0.481. The van der Waals surface area contributed by atoms with Crippen molar-refractivity contribution in [3.8, 4) is 11.1 Å². The molecule has 2 aliphatic rings. The fourth-order valence-corrected chi connectivity index (χ4v) is 5.02. The Kier molecular flexibility index (Phi) is 6.22. The van der Waals surface area contributed by atoms with Crippen LogP contribution in [0.4, 0.5) is 10.7 Å². The topological polar surface area (TPSA) is 131 Å². The van der Waals surface area contributed by atoms with Gasteiger partial charge >= 0.3 is 12.1 Å². The van der Waals surface area contributed by atoms with E-state index in [-0.39, 0.29) is 24.1 Å². The largest absolute Gasteiger partial charge is 0.481 e. The number of fused-ring (bicyclic) bond motifs is 3. The second-order valence-electron chi connectivity index (χ2n) is 8.84. The van der Waals surface area contributed by atoms with Crippen LogP contribution in [0.3, 0.4) is 0 Å². The standard InChI is InChI=1S/C26H25N3O6/c30-24(27-21-12-6-5-11-19(21)25(31)32)22-13-23(35-29-22)28-26(33)34-14-20-17-9-3-1-7-15(17)16-8-2-4-10-18(16)20/h1-4,7-10,13,19-21H,5-6,11-12,14H2,(H,27,30)(H,28,33)(H,31,32). The highest BCUT2D eigenvalue weighted by molar-refractivity contribution is 5.94. The van der Waals surface area contributed by atoms with E-state index in [0.717, 1.165) is 35.1 Å². The third kappa shape index (κ3) is 4.62. The van der Waals surface area contributed by atoms with Crippen molar-refractivity contribution >= 4 is 23.9 Å². The highest BCUT2D eigenvalue weighted by Gasteiger charge is 2.33. The summed E-state index contributed by atoms with van der Waals surface area (Å²) >= 11 is 0. The summed E-state index contributed by atoms with van der Waals surface area (Å²) in [5.41, 5.74) is 4.41. The van der Waals surface area contributed by atoms with Crippen LogP contribution < -0.4 is 10.6 Å². The van der Waals surface area contributed by atoms with Crippen LogP contribution in [0.2, 0.25) is 0 Å². The fourth-order valence-electron chi connectivity index (χ4n) is 5.02. The molecule has 9 nitrogen and oxygen atoms in total. The van der Waals surface area contributed by atoms with Crippen molar-refractivity contribution in [2.45, 2.75) is 37.6 Å². The normalized spacial score (nSPS) is 18.9. The summed E-state index contributed by atoms with van der Waals surface area (Å²) in [5.74, 6) is -2.22. The first-order valence-electron chi connectivity index (χ1n) is 11.6. The first-order chi connectivity index (χ1) is 17.0. The van der Waals surface area contributed by atoms with Crippen molar-refractivity contribution < 1.29 is 28.8 Å². The van der Waals surface area contributed by atoms with Gasteiger partial charge in [-0.15, -0.1) is 0 Å². The van der Waals surface area contributed by atoms with Gasteiger partial charge in [0.15, 0.2) is 5.69 Å². The minimum Gasteiger partial charge on any atom is -0.481 e. The molecule has 35 heavy (non-hydrogen) atoms. The number of ether oxygens (including phenoxy) is 1. The van der Waals surface area contributed by atoms with E-state index in [0.29, 0.717) is 12.8 Å². The first-order valence-corrected chi connectivity index (χ1v) is 11.6. The summed E-state index contributed by atoms with van der Waals surface area (Å²) in [7, 11) is 0. The van der Waals surface area contributed by atoms with E-state index in [4.69, 9.17) is 9.26 Å². The Morgan fingerprint density at radius 2 is 1.66 bits per heavy atom. The summed E-state index contributed by atoms with van der Waals surface area (Å²) in [5, 5.41) is 18.3. The van der Waals surface area contributed by atoms with Gasteiger partial charge < -0.3 is 19.7 Å². The molecular formula is C26H25N3O6. The number of anilines is 1. The van der Waals surface area contributed by atoms with Crippen LogP contribution in [-0.4, -0.2) is 40.9 Å². The number of amides is 2. The highest BCUT2D eigenvalue weighted by Crippen LogP contribution is 2.44. The fraction of sp³-hybridized carbons (Fsp3) is 0.308. The van der Waals surface area contributed by atoms with Gasteiger partial charge in [-0.2, -0.15) is 0 Å². The molecule has 2 amide bonds. The highest BCUT2D eigenvalue weighted by atomic mass is 16.6. The van der Waals surface area contributed by atoms with Gasteiger partial charge in [0.2, 0.25) is 5.88 Å². The molecule has 1 saturated carbocycles. The summed E-state index contributed by atoms with van der Waals surface area (Å²) in [4.78, 5) is 36.4. The van der Waals surface area contributed by atoms with Crippen LogP contribution in [0.25, 0.3) is 11.1 Å². The summed E-state index contributed by atoms with van der Waals surface area (Å²) in [6, 6.07) is 16.9. The predicted molar refractivity (Wildman–Crippen MR) is 126 cm³/mol. The second-order valence-corrected chi connectivity index (χ2v) is 8.84. The average molecular weight is 476 g/mol. The molecule has 1 fully saturated rings. The Morgan fingerprint density at radius 1 is 1.00 bits per heavy atom. The number of nitrogens with one attached hydrogen (secondary N) is 2. The molecule has 0 spiro atoms. The Hall–Kier alpha value is -4.14. The molecule has 5 rings (SSSR count). The number of hydrogen-bond donors (Lipinski definition) is 3. The maximum Gasteiger partial charge on any atom is 0.414 e. The van der Waals surface area contributed by atoms with E-state index in [1.54, 1.807) is 0 Å². The maximum atomic E-state index is 12.5. The number of aliphatic carboxylic acids is 1. The molecule has 0 radical (unpaired) electrons. The monoisotopic (exact) mass is 475 g/mol. The number of aromatic nitrogens is 1. The third-order valence-electron chi connectivity index (χ3n) is 6.71. The van der Waals surface area contributed by atoms with Crippen LogP contribution in [0.15, 0.2) is 59.1 Å². The Bertz CT molecular complexity index is 1220. The van der Waals surface area contributed by atoms with Crippen molar-refractivity contribution in [1.29, 1.82) is 0 Å². The van der Waals surface area contributed by atoms with Gasteiger partial charge in [-0.3, -0.25) is 14.9 Å². The van der Waals surface area contributed by atoms with E-state index in [2.05, 4.69) is 27.9 Å². The number of carbonyl (C=O) groups is 3. The van der Waals surface area contributed by atoms with E-state index in [1.807, 2.05) is 36.4 Å². The average Bonchev–Trinajstić information content (AvgIpc) is 3.46. The number of benzene rings is 2. The van der Waals surface area contributed by atoms with Crippen molar-refractivity contribution in [3.05, 3.63) is 71.4 Å². The van der Waals surface area contributed by atoms with E-state index >= 15 is 0 Å². The molecule has 2 aliphatic carbocycles. The number of carboxylic acid groups (broad SMARTS) is 1. The molecule has 3 N–H and O–H groups in total. The van der Waals surface area contributed by atoms with Crippen LogP contribution >= 0.6 is 0 Å².